The molecule has 0 aliphatic rings. The number of aryl methyl sites for hydroxylation is 1. The first-order chi connectivity index (χ1) is 13.6. The van der Waals surface area contributed by atoms with Crippen LogP contribution in [0.3, 0.4) is 0 Å². The SMILES string of the molecule is CC(CCn1ccc(-c2cc3nccc(Cl)c3s2)cc1=O)(C(=O)NO)S(C)(=O)=O. The van der Waals surface area contributed by atoms with E-state index >= 15 is 0 Å². The van der Waals surface area contributed by atoms with Gasteiger partial charge in [-0.1, -0.05) is 11.6 Å². The summed E-state index contributed by atoms with van der Waals surface area (Å²) in [5.41, 5.74) is 2.46. The summed E-state index contributed by atoms with van der Waals surface area (Å²) in [5, 5.41) is 9.47. The maximum absolute atomic E-state index is 12.5. The number of carbonyl (C=O) groups excluding carboxylic acids is 1. The largest absolute Gasteiger partial charge is 0.315 e. The first-order valence-corrected chi connectivity index (χ1v) is 11.5. The molecule has 154 valence electrons. The zero-order chi connectivity index (χ0) is 21.4. The van der Waals surface area contributed by atoms with E-state index in [4.69, 9.17) is 16.8 Å². The van der Waals surface area contributed by atoms with Crippen molar-refractivity contribution in [3.05, 3.63) is 52.0 Å². The Bertz CT molecular complexity index is 1250. The van der Waals surface area contributed by atoms with E-state index in [0.717, 1.165) is 21.3 Å². The van der Waals surface area contributed by atoms with Gasteiger partial charge in [0.1, 0.15) is 0 Å². The summed E-state index contributed by atoms with van der Waals surface area (Å²) in [6, 6.07) is 6.70. The number of pyridine rings is 2. The van der Waals surface area contributed by atoms with Crippen molar-refractivity contribution in [3.63, 3.8) is 0 Å². The third-order valence-electron chi connectivity index (χ3n) is 4.87. The molecule has 0 aromatic carbocycles. The van der Waals surface area contributed by atoms with Crippen molar-refractivity contribution < 1.29 is 18.4 Å². The van der Waals surface area contributed by atoms with Gasteiger partial charge < -0.3 is 4.57 Å². The molecule has 3 aromatic rings. The number of fused-ring (bicyclic) bond motifs is 1. The lowest BCUT2D eigenvalue weighted by atomic mass is 10.1. The van der Waals surface area contributed by atoms with Crippen molar-refractivity contribution in [2.24, 2.45) is 0 Å². The molecule has 0 bridgehead atoms. The molecule has 1 amide bonds. The molecule has 3 aromatic heterocycles. The highest BCUT2D eigenvalue weighted by molar-refractivity contribution is 7.92. The molecule has 0 spiro atoms. The number of nitrogens with zero attached hydrogens (tertiary/aromatic N) is 2. The van der Waals surface area contributed by atoms with E-state index in [1.54, 1.807) is 18.3 Å². The van der Waals surface area contributed by atoms with Crippen LogP contribution in [-0.4, -0.2) is 40.1 Å². The molecular formula is C18H18ClN3O5S2. The second kappa shape index (κ2) is 7.86. The Morgan fingerprint density at radius 2 is 2.10 bits per heavy atom. The Balaban J connectivity index is 1.89. The number of sulfone groups is 1. The third kappa shape index (κ3) is 4.06. The number of rotatable bonds is 6. The fourth-order valence-electron chi connectivity index (χ4n) is 2.81. The zero-order valence-corrected chi connectivity index (χ0v) is 17.9. The minimum Gasteiger partial charge on any atom is -0.315 e. The van der Waals surface area contributed by atoms with Crippen molar-refractivity contribution in [3.8, 4) is 10.4 Å². The van der Waals surface area contributed by atoms with Gasteiger partial charge in [-0.3, -0.25) is 19.8 Å². The molecule has 1 unspecified atom stereocenters. The van der Waals surface area contributed by atoms with Crippen LogP contribution < -0.4 is 11.0 Å². The fourth-order valence-corrected chi connectivity index (χ4v) is 4.94. The highest BCUT2D eigenvalue weighted by atomic mass is 35.5. The third-order valence-corrected chi connectivity index (χ3v) is 8.53. The normalized spacial score (nSPS) is 13.9. The zero-order valence-electron chi connectivity index (χ0n) is 15.5. The van der Waals surface area contributed by atoms with Gasteiger partial charge in [0.2, 0.25) is 0 Å². The molecule has 3 rings (SSSR count). The number of nitrogens with one attached hydrogen (secondary N) is 1. The van der Waals surface area contributed by atoms with E-state index in [0.29, 0.717) is 10.6 Å². The summed E-state index contributed by atoms with van der Waals surface area (Å²) in [7, 11) is -3.83. The highest BCUT2D eigenvalue weighted by Gasteiger charge is 2.43. The maximum atomic E-state index is 12.5. The van der Waals surface area contributed by atoms with Gasteiger partial charge in [0.15, 0.2) is 14.6 Å². The van der Waals surface area contributed by atoms with Crippen molar-refractivity contribution in [1.29, 1.82) is 0 Å². The van der Waals surface area contributed by atoms with E-state index in [1.165, 1.54) is 40.6 Å². The van der Waals surface area contributed by atoms with Crippen LogP contribution in [0.25, 0.3) is 20.7 Å². The highest BCUT2D eigenvalue weighted by Crippen LogP contribution is 2.35. The number of hydrogen-bond acceptors (Lipinski definition) is 7. The number of thiophene rings is 1. The topological polar surface area (TPSA) is 118 Å². The van der Waals surface area contributed by atoms with Gasteiger partial charge in [0.05, 0.1) is 15.2 Å². The lowest BCUT2D eigenvalue weighted by molar-refractivity contribution is -0.131. The lowest BCUT2D eigenvalue weighted by Gasteiger charge is -2.25. The van der Waals surface area contributed by atoms with E-state index in [1.807, 2.05) is 6.07 Å². The average molecular weight is 456 g/mol. The molecule has 0 saturated carbocycles. The van der Waals surface area contributed by atoms with Gasteiger partial charge in [-0.05, 0) is 37.1 Å². The number of halogens is 1. The van der Waals surface area contributed by atoms with Gasteiger partial charge >= 0.3 is 0 Å². The van der Waals surface area contributed by atoms with E-state index in [9.17, 15) is 18.0 Å². The van der Waals surface area contributed by atoms with Gasteiger partial charge in [-0.15, -0.1) is 11.3 Å². The quantitative estimate of drug-likeness (QED) is 0.435. The summed E-state index contributed by atoms with van der Waals surface area (Å²) >= 11 is 7.59. The van der Waals surface area contributed by atoms with Crippen molar-refractivity contribution in [2.45, 2.75) is 24.6 Å². The molecule has 0 fully saturated rings. The van der Waals surface area contributed by atoms with Gasteiger partial charge in [-0.25, -0.2) is 13.9 Å². The Kier molecular flexibility index (Phi) is 5.81. The molecule has 0 saturated heterocycles. The predicted octanol–water partition coefficient (Wildman–Crippen LogP) is 2.48. The molecule has 0 aliphatic heterocycles. The number of hydrogen-bond donors (Lipinski definition) is 2. The molecule has 29 heavy (non-hydrogen) atoms. The molecule has 2 N–H and O–H groups in total. The molecule has 1 atom stereocenters. The number of hydroxylamine groups is 1. The Labute approximate surface area is 175 Å². The van der Waals surface area contributed by atoms with E-state index < -0.39 is 20.5 Å². The maximum Gasteiger partial charge on any atom is 0.264 e. The van der Waals surface area contributed by atoms with Crippen LogP contribution >= 0.6 is 22.9 Å². The molecule has 8 nitrogen and oxygen atoms in total. The van der Waals surface area contributed by atoms with Gasteiger partial charge in [0.25, 0.3) is 11.5 Å². The Hall–Kier alpha value is -2.27. The van der Waals surface area contributed by atoms with E-state index in [2.05, 4.69) is 4.98 Å². The molecule has 0 aliphatic carbocycles. The Morgan fingerprint density at radius 3 is 2.69 bits per heavy atom. The second-order valence-electron chi connectivity index (χ2n) is 6.76. The minimum atomic E-state index is -3.83. The summed E-state index contributed by atoms with van der Waals surface area (Å²) in [6.07, 6.45) is 3.88. The van der Waals surface area contributed by atoms with Gasteiger partial charge in [0, 0.05) is 36.1 Å². The molecule has 0 radical (unpaired) electrons. The molecule has 3 heterocycles. The average Bonchev–Trinajstić information content (AvgIpc) is 3.11. The number of amides is 1. The fraction of sp³-hybridized carbons (Fsp3) is 0.278. The standard InChI is InChI=1S/C18H18ClN3O5S2/c1-18(17(24)21-25,29(2,26)27)5-8-22-7-4-11(9-15(22)23)14-10-13-16(28-14)12(19)3-6-20-13/h3-4,6-7,9-10,25H,5,8H2,1-2H3,(H,21,24). The van der Waals surface area contributed by atoms with E-state index in [-0.39, 0.29) is 18.5 Å². The second-order valence-corrected chi connectivity index (χ2v) is 10.7. The summed E-state index contributed by atoms with van der Waals surface area (Å²) in [6.45, 7) is 1.19. The monoisotopic (exact) mass is 455 g/mol. The summed E-state index contributed by atoms with van der Waals surface area (Å²) < 4.78 is 24.3. The first kappa shape index (κ1) is 21.4. The van der Waals surface area contributed by atoms with Crippen LogP contribution in [0.15, 0.2) is 41.5 Å². The van der Waals surface area contributed by atoms with Crippen LogP contribution in [0.2, 0.25) is 5.02 Å². The molecular weight excluding hydrogens is 438 g/mol. The Morgan fingerprint density at radius 1 is 1.38 bits per heavy atom. The van der Waals surface area contributed by atoms with Crippen molar-refractivity contribution in [1.82, 2.24) is 15.0 Å². The summed E-state index contributed by atoms with van der Waals surface area (Å²) in [5.74, 6) is -1.04. The first-order valence-electron chi connectivity index (χ1n) is 8.46. The molecule has 11 heteroatoms. The van der Waals surface area contributed by atoms with Crippen molar-refractivity contribution >= 4 is 48.9 Å². The van der Waals surface area contributed by atoms with Crippen LogP contribution in [0, 0.1) is 0 Å². The predicted molar refractivity (Wildman–Crippen MR) is 112 cm³/mol. The minimum absolute atomic E-state index is 0.0180. The lowest BCUT2D eigenvalue weighted by Crippen LogP contribution is -2.49. The van der Waals surface area contributed by atoms with Crippen LogP contribution in [0.5, 0.6) is 0 Å². The van der Waals surface area contributed by atoms with Crippen molar-refractivity contribution in [2.75, 3.05) is 6.26 Å². The van der Waals surface area contributed by atoms with Crippen LogP contribution in [-0.2, 0) is 21.2 Å². The summed E-state index contributed by atoms with van der Waals surface area (Å²) in [4.78, 5) is 29.5. The number of aromatic nitrogens is 2. The smallest absolute Gasteiger partial charge is 0.264 e. The number of carbonyl (C=O) groups is 1. The van der Waals surface area contributed by atoms with Crippen LogP contribution in [0.1, 0.15) is 13.3 Å². The van der Waals surface area contributed by atoms with Crippen LogP contribution in [0.4, 0.5) is 0 Å². The van der Waals surface area contributed by atoms with Gasteiger partial charge in [-0.2, -0.15) is 0 Å².